The quantitative estimate of drug-likeness (QED) is 0.609. The van der Waals surface area contributed by atoms with Crippen LogP contribution in [0.5, 0.6) is 0 Å². The molecule has 0 spiro atoms. The van der Waals surface area contributed by atoms with Crippen LogP contribution in [0.15, 0.2) is 54.6 Å². The molecule has 162 valence electrons. The van der Waals surface area contributed by atoms with Crippen LogP contribution in [-0.4, -0.2) is 46.5 Å². The van der Waals surface area contributed by atoms with E-state index in [1.807, 2.05) is 11.9 Å². The Morgan fingerprint density at radius 3 is 2.58 bits per heavy atom. The normalized spacial score (nSPS) is 20.4. The summed E-state index contributed by atoms with van der Waals surface area (Å²) >= 11 is 0. The molecular formula is C26H30FN3O. The van der Waals surface area contributed by atoms with Gasteiger partial charge in [0.25, 0.3) is 0 Å². The third-order valence-corrected chi connectivity index (χ3v) is 7.09. The molecule has 0 bridgehead atoms. The van der Waals surface area contributed by atoms with E-state index in [2.05, 4.69) is 39.8 Å². The molecule has 0 N–H and O–H groups in total. The minimum absolute atomic E-state index is 0.124. The summed E-state index contributed by atoms with van der Waals surface area (Å²) < 4.78 is 15.9. The third-order valence-electron chi connectivity index (χ3n) is 7.09. The standard InChI is InChI=1S/C26H30FN3O/c1-28(23-14-13-22-17-20-7-3-4-8-24(20)30(22)18-23)26(31)25(29-15-5-2-6-16-29)19-9-11-21(27)12-10-19/h3-4,7-12,17,23,25H,2,5-6,13-16,18H2,1H3/t23-,25?/m1/s1. The molecule has 0 saturated carbocycles. The van der Waals surface area contributed by atoms with Gasteiger partial charge in [-0.2, -0.15) is 0 Å². The Bertz CT molecular complexity index is 1070. The second-order valence-corrected chi connectivity index (χ2v) is 9.00. The number of para-hydroxylation sites is 1. The SMILES string of the molecule is CN(C(=O)C(c1ccc(F)cc1)N1CCCCC1)[C@@H]1CCc2cc3ccccc3n2C1. The molecule has 1 fully saturated rings. The van der Waals surface area contributed by atoms with Crippen molar-refractivity contribution in [3.05, 3.63) is 71.7 Å². The van der Waals surface area contributed by atoms with E-state index >= 15 is 0 Å². The van der Waals surface area contributed by atoms with E-state index in [0.29, 0.717) is 0 Å². The van der Waals surface area contributed by atoms with E-state index < -0.39 is 0 Å². The van der Waals surface area contributed by atoms with Crippen molar-refractivity contribution in [3.8, 4) is 0 Å². The van der Waals surface area contributed by atoms with Crippen LogP contribution in [0, 0.1) is 5.82 Å². The molecule has 5 rings (SSSR count). The summed E-state index contributed by atoms with van der Waals surface area (Å²) in [6.45, 7) is 2.65. The molecule has 1 amide bonds. The maximum atomic E-state index is 13.8. The maximum Gasteiger partial charge on any atom is 0.244 e. The van der Waals surface area contributed by atoms with Gasteiger partial charge < -0.3 is 9.47 Å². The summed E-state index contributed by atoms with van der Waals surface area (Å²) in [4.78, 5) is 18.1. The van der Waals surface area contributed by atoms with Crippen molar-refractivity contribution in [1.82, 2.24) is 14.4 Å². The number of piperidine rings is 1. The van der Waals surface area contributed by atoms with Gasteiger partial charge in [0.2, 0.25) is 5.91 Å². The Balaban J connectivity index is 1.41. The summed E-state index contributed by atoms with van der Waals surface area (Å²) in [5, 5.41) is 1.27. The highest BCUT2D eigenvalue weighted by atomic mass is 19.1. The van der Waals surface area contributed by atoms with Gasteiger partial charge in [0.05, 0.1) is 0 Å². The molecule has 4 nitrogen and oxygen atoms in total. The van der Waals surface area contributed by atoms with Crippen molar-refractivity contribution in [1.29, 1.82) is 0 Å². The molecule has 3 aromatic rings. The number of likely N-dealkylation sites (tertiary alicyclic amines) is 1. The molecule has 2 atom stereocenters. The minimum Gasteiger partial charge on any atom is -0.343 e. The topological polar surface area (TPSA) is 28.5 Å². The number of carbonyl (C=O) groups is 1. The number of hydrogen-bond donors (Lipinski definition) is 0. The minimum atomic E-state index is -0.339. The van der Waals surface area contributed by atoms with Gasteiger partial charge in [-0.15, -0.1) is 0 Å². The number of carbonyl (C=O) groups excluding carboxylic acids is 1. The van der Waals surface area contributed by atoms with E-state index in [0.717, 1.165) is 50.9 Å². The van der Waals surface area contributed by atoms with Gasteiger partial charge >= 0.3 is 0 Å². The smallest absolute Gasteiger partial charge is 0.244 e. The van der Waals surface area contributed by atoms with E-state index in [4.69, 9.17) is 0 Å². The Labute approximate surface area is 183 Å². The lowest BCUT2D eigenvalue weighted by atomic mass is 9.98. The number of halogens is 1. The van der Waals surface area contributed by atoms with Gasteiger partial charge in [0, 0.05) is 30.8 Å². The van der Waals surface area contributed by atoms with E-state index in [1.54, 1.807) is 12.1 Å². The number of hydrogen-bond acceptors (Lipinski definition) is 2. The molecule has 1 unspecified atom stereocenters. The van der Waals surface area contributed by atoms with E-state index in [1.165, 1.54) is 35.2 Å². The average molecular weight is 420 g/mol. The number of aryl methyl sites for hydroxylation is 1. The molecular weight excluding hydrogens is 389 g/mol. The summed E-state index contributed by atoms with van der Waals surface area (Å²) in [5.74, 6) is -0.139. The van der Waals surface area contributed by atoms with E-state index in [-0.39, 0.29) is 23.8 Å². The van der Waals surface area contributed by atoms with Crippen molar-refractivity contribution in [2.75, 3.05) is 20.1 Å². The molecule has 31 heavy (non-hydrogen) atoms. The van der Waals surface area contributed by atoms with Crippen LogP contribution in [0.2, 0.25) is 0 Å². The van der Waals surface area contributed by atoms with Crippen molar-refractivity contribution < 1.29 is 9.18 Å². The highest BCUT2D eigenvalue weighted by Crippen LogP contribution is 2.31. The van der Waals surface area contributed by atoms with Crippen LogP contribution in [-0.2, 0) is 17.8 Å². The maximum absolute atomic E-state index is 13.8. The summed E-state index contributed by atoms with van der Waals surface area (Å²) in [6.07, 6.45) is 5.37. The Hall–Kier alpha value is -2.66. The zero-order chi connectivity index (χ0) is 21.4. The Morgan fingerprint density at radius 1 is 1.06 bits per heavy atom. The van der Waals surface area contributed by atoms with Crippen molar-refractivity contribution >= 4 is 16.8 Å². The van der Waals surface area contributed by atoms with Gasteiger partial charge in [0.15, 0.2) is 0 Å². The Kier molecular flexibility index (Phi) is 5.53. The summed E-state index contributed by atoms with van der Waals surface area (Å²) in [6, 6.07) is 17.1. The lowest BCUT2D eigenvalue weighted by Crippen LogP contribution is -2.49. The number of aromatic nitrogens is 1. The highest BCUT2D eigenvalue weighted by molar-refractivity contribution is 5.84. The molecule has 0 radical (unpaired) electrons. The van der Waals surface area contributed by atoms with E-state index in [9.17, 15) is 9.18 Å². The fourth-order valence-corrected chi connectivity index (χ4v) is 5.33. The first-order valence-corrected chi connectivity index (χ1v) is 11.4. The van der Waals surface area contributed by atoms with Crippen molar-refractivity contribution in [3.63, 3.8) is 0 Å². The molecule has 5 heteroatoms. The predicted octanol–water partition coefficient (Wildman–Crippen LogP) is 4.78. The van der Waals surface area contributed by atoms with Crippen LogP contribution in [0.4, 0.5) is 4.39 Å². The first kappa shape index (κ1) is 20.3. The number of benzene rings is 2. The van der Waals surface area contributed by atoms with Crippen LogP contribution in [0.3, 0.4) is 0 Å². The van der Waals surface area contributed by atoms with Gasteiger partial charge in [-0.1, -0.05) is 36.8 Å². The van der Waals surface area contributed by atoms with Crippen molar-refractivity contribution in [2.45, 2.75) is 50.7 Å². The largest absolute Gasteiger partial charge is 0.343 e. The lowest BCUT2D eigenvalue weighted by Gasteiger charge is -2.39. The Morgan fingerprint density at radius 2 is 1.81 bits per heavy atom. The second kappa shape index (κ2) is 8.46. The molecule has 0 aliphatic carbocycles. The first-order valence-electron chi connectivity index (χ1n) is 11.4. The zero-order valence-corrected chi connectivity index (χ0v) is 18.1. The molecule has 1 saturated heterocycles. The number of fused-ring (bicyclic) bond motifs is 3. The average Bonchev–Trinajstić information content (AvgIpc) is 3.18. The summed E-state index contributed by atoms with van der Waals surface area (Å²) in [7, 11) is 1.95. The number of nitrogens with zero attached hydrogens (tertiary/aromatic N) is 3. The zero-order valence-electron chi connectivity index (χ0n) is 18.1. The lowest BCUT2D eigenvalue weighted by molar-refractivity contribution is -0.139. The van der Waals surface area contributed by atoms with Crippen LogP contribution in [0.25, 0.3) is 10.9 Å². The van der Waals surface area contributed by atoms with Crippen LogP contribution >= 0.6 is 0 Å². The summed E-state index contributed by atoms with van der Waals surface area (Å²) in [5.41, 5.74) is 3.49. The van der Waals surface area contributed by atoms with Gasteiger partial charge in [-0.25, -0.2) is 4.39 Å². The number of rotatable bonds is 4. The molecule has 2 aliphatic heterocycles. The third kappa shape index (κ3) is 3.87. The number of amides is 1. The second-order valence-electron chi connectivity index (χ2n) is 9.00. The molecule has 1 aromatic heterocycles. The fourth-order valence-electron chi connectivity index (χ4n) is 5.33. The number of likely N-dealkylation sites (N-methyl/N-ethyl adjacent to an activating group) is 1. The molecule has 2 aliphatic rings. The van der Waals surface area contributed by atoms with Gasteiger partial charge in [-0.05, 0) is 74.0 Å². The van der Waals surface area contributed by atoms with Gasteiger partial charge in [-0.3, -0.25) is 9.69 Å². The predicted molar refractivity (Wildman–Crippen MR) is 121 cm³/mol. The molecule has 2 aromatic carbocycles. The van der Waals surface area contributed by atoms with Crippen molar-refractivity contribution in [2.24, 2.45) is 0 Å². The fraction of sp³-hybridized carbons (Fsp3) is 0.423. The van der Waals surface area contributed by atoms with Gasteiger partial charge in [0.1, 0.15) is 11.9 Å². The molecule has 3 heterocycles. The van der Waals surface area contributed by atoms with Crippen LogP contribution < -0.4 is 0 Å². The highest BCUT2D eigenvalue weighted by Gasteiger charge is 2.34. The first-order chi connectivity index (χ1) is 15.1. The van der Waals surface area contributed by atoms with Crippen LogP contribution in [0.1, 0.15) is 43.0 Å². The monoisotopic (exact) mass is 419 g/mol.